The summed E-state index contributed by atoms with van der Waals surface area (Å²) in [6.07, 6.45) is 7.11. The van der Waals surface area contributed by atoms with Crippen LogP contribution in [-0.2, 0) is 11.2 Å². The van der Waals surface area contributed by atoms with Gasteiger partial charge in [-0.2, -0.15) is 5.26 Å². The lowest BCUT2D eigenvalue weighted by atomic mass is 9.79. The molecule has 264 valence electrons. The molecule has 6 aliphatic rings. The second-order valence-electron chi connectivity index (χ2n) is 15.4. The van der Waals surface area contributed by atoms with Gasteiger partial charge in [-0.25, -0.2) is 14.4 Å². The molecule has 2 aromatic carbocycles. The van der Waals surface area contributed by atoms with Crippen LogP contribution in [0, 0.1) is 35.9 Å². The van der Waals surface area contributed by atoms with Crippen molar-refractivity contribution < 1.29 is 9.18 Å². The third-order valence-corrected chi connectivity index (χ3v) is 13.3. The molecule has 11 rings (SSSR count). The van der Waals surface area contributed by atoms with E-state index in [-0.39, 0.29) is 53.0 Å². The van der Waals surface area contributed by atoms with Crippen LogP contribution in [0.3, 0.4) is 0 Å². The van der Waals surface area contributed by atoms with Crippen LogP contribution in [0.1, 0.15) is 67.6 Å². The Bertz CT molecular complexity index is 2320. The van der Waals surface area contributed by atoms with Crippen LogP contribution in [0.5, 0.6) is 0 Å². The zero-order chi connectivity index (χ0) is 35.4. The summed E-state index contributed by atoms with van der Waals surface area (Å²) in [7, 11) is 0. The highest BCUT2D eigenvalue weighted by Crippen LogP contribution is 2.52. The van der Waals surface area contributed by atoms with Gasteiger partial charge in [-0.3, -0.25) is 4.79 Å². The zero-order valence-corrected chi connectivity index (χ0v) is 30.3. The maximum Gasteiger partial charge on any atom is 0.226 e. The van der Waals surface area contributed by atoms with Crippen LogP contribution in [0.15, 0.2) is 54.7 Å². The molecule has 5 aromatic rings. The molecule has 0 unspecified atom stereocenters. The number of fused-ring (bicyclic) bond motifs is 6. The Labute approximate surface area is 311 Å². The molecule has 6 atom stereocenters. The molecular formula is C41H38Cl2FN7O. The lowest BCUT2D eigenvalue weighted by molar-refractivity contribution is -0.139. The predicted molar refractivity (Wildman–Crippen MR) is 201 cm³/mol. The number of nitrogens with zero attached hydrogens (tertiary/aromatic N) is 6. The highest BCUT2D eigenvalue weighted by atomic mass is 35.5. The number of nitrogens with one attached hydrogen (secondary N) is 1. The summed E-state index contributed by atoms with van der Waals surface area (Å²) in [6, 6.07) is 18.5. The Hall–Kier alpha value is -4.23. The van der Waals surface area contributed by atoms with Crippen molar-refractivity contribution in [3.05, 3.63) is 87.5 Å². The van der Waals surface area contributed by atoms with Gasteiger partial charge in [0, 0.05) is 77.0 Å². The minimum absolute atomic E-state index is 0.0811. The molecule has 2 saturated carbocycles. The van der Waals surface area contributed by atoms with Gasteiger partial charge in [-0.05, 0) is 87.3 Å². The largest absolute Gasteiger partial charge is 0.351 e. The standard InChI is InChI=1S/C41H38Cl2FN7O/c1-21-28-18-33(32-17-25-16-26(50(32)41(52)22-10-11-22)20-49(25)34-9-2-3-13-46-34)51(39-24-15-31(39)47-19-24)40(28)29-14-23(6-5-12-45)35(37(44)38(29)48-21)27-7-4-8-30(42)36(27)43/h2-4,7-9,13-14,18,22,24-26,31-32,39,47H,5-6,10-11,15-17,19-20H2,1H3/t24-,25-,26-,31-,32-,39+/m1/s1. The number of amides is 1. The second-order valence-corrected chi connectivity index (χ2v) is 16.2. The Morgan fingerprint density at radius 2 is 1.94 bits per heavy atom. The molecule has 1 amide bonds. The first kappa shape index (κ1) is 32.4. The number of aryl methyl sites for hydroxylation is 2. The average molecular weight is 735 g/mol. The van der Waals surface area contributed by atoms with Gasteiger partial charge in [-0.15, -0.1) is 0 Å². The van der Waals surface area contributed by atoms with Gasteiger partial charge < -0.3 is 19.7 Å². The van der Waals surface area contributed by atoms with E-state index in [4.69, 9.17) is 33.2 Å². The summed E-state index contributed by atoms with van der Waals surface area (Å²) >= 11 is 13.2. The number of anilines is 1. The normalized spacial score (nSPS) is 26.3. The Kier molecular flexibility index (Phi) is 7.58. The van der Waals surface area contributed by atoms with E-state index in [0.29, 0.717) is 40.1 Å². The Morgan fingerprint density at radius 1 is 1.08 bits per heavy atom. The van der Waals surface area contributed by atoms with Crippen molar-refractivity contribution in [1.82, 2.24) is 24.8 Å². The number of hydrogen-bond donors (Lipinski definition) is 1. The summed E-state index contributed by atoms with van der Waals surface area (Å²) < 4.78 is 19.7. The fraction of sp³-hybridized carbons (Fsp3) is 0.415. The van der Waals surface area contributed by atoms with E-state index in [0.717, 1.165) is 78.7 Å². The Balaban J connectivity index is 1.21. The third kappa shape index (κ3) is 4.83. The molecule has 11 heteroatoms. The van der Waals surface area contributed by atoms with Crippen LogP contribution in [-0.4, -0.2) is 56.6 Å². The van der Waals surface area contributed by atoms with Crippen molar-refractivity contribution in [1.29, 1.82) is 5.26 Å². The average Bonchev–Trinajstić information content (AvgIpc) is 3.42. The molecule has 8 nitrogen and oxygen atoms in total. The molecule has 7 heterocycles. The number of benzene rings is 2. The second kappa shape index (κ2) is 12.2. The number of hydrogen-bond acceptors (Lipinski definition) is 6. The van der Waals surface area contributed by atoms with Gasteiger partial charge in [0.25, 0.3) is 0 Å². The summed E-state index contributed by atoms with van der Waals surface area (Å²) in [5.74, 6) is 1.28. The topological polar surface area (TPSA) is 90.1 Å². The SMILES string of the molecule is Cc1nc2c(F)c(-c3cccc(Cl)c3Cl)c(CCC#N)cc2c2c1cc([C@H]1C[C@H]3C[C@H](CN3c3ccccn3)N1C(=O)C1CC1)n2[C@H]1[C@H]2CN[C@@H]1C2. The molecule has 0 spiro atoms. The first-order valence-electron chi connectivity index (χ1n) is 18.5. The number of pyridine rings is 2. The fourth-order valence-corrected chi connectivity index (χ4v) is 10.4. The minimum atomic E-state index is -0.462. The van der Waals surface area contributed by atoms with E-state index in [1.807, 2.05) is 31.3 Å². The Morgan fingerprint density at radius 3 is 2.67 bits per heavy atom. The maximum atomic E-state index is 17.3. The first-order valence-corrected chi connectivity index (χ1v) is 19.3. The molecular weight excluding hydrogens is 696 g/mol. The molecule has 1 N–H and O–H groups in total. The van der Waals surface area contributed by atoms with Crippen LogP contribution >= 0.6 is 23.2 Å². The summed E-state index contributed by atoms with van der Waals surface area (Å²) in [5, 5.41) is 15.7. The highest BCUT2D eigenvalue weighted by molar-refractivity contribution is 6.43. The summed E-state index contributed by atoms with van der Waals surface area (Å²) in [6.45, 7) is 3.65. The van der Waals surface area contributed by atoms with Crippen LogP contribution < -0.4 is 10.2 Å². The number of piperidine rings is 1. The lowest BCUT2D eigenvalue weighted by Gasteiger charge is -2.44. The number of nitriles is 1. The molecule has 4 aliphatic heterocycles. The van der Waals surface area contributed by atoms with Crippen LogP contribution in [0.2, 0.25) is 10.0 Å². The van der Waals surface area contributed by atoms with E-state index in [9.17, 15) is 10.1 Å². The van der Waals surface area contributed by atoms with Gasteiger partial charge in [0.2, 0.25) is 5.91 Å². The molecule has 52 heavy (non-hydrogen) atoms. The molecule has 6 fully saturated rings. The molecule has 0 radical (unpaired) electrons. The van der Waals surface area contributed by atoms with E-state index < -0.39 is 5.82 Å². The maximum absolute atomic E-state index is 17.3. The highest BCUT2D eigenvalue weighted by Gasteiger charge is 2.53. The third-order valence-electron chi connectivity index (χ3n) is 12.5. The van der Waals surface area contributed by atoms with Crippen LogP contribution in [0.25, 0.3) is 32.9 Å². The molecule has 2 aliphatic carbocycles. The number of likely N-dealkylation sites (tertiary alicyclic amines) is 1. The van der Waals surface area contributed by atoms with E-state index >= 15 is 4.39 Å². The van der Waals surface area contributed by atoms with E-state index in [1.54, 1.807) is 18.2 Å². The van der Waals surface area contributed by atoms with Crippen molar-refractivity contribution in [3.8, 4) is 17.2 Å². The molecule has 3 aromatic heterocycles. The number of rotatable bonds is 7. The zero-order valence-electron chi connectivity index (χ0n) is 28.8. The minimum Gasteiger partial charge on any atom is -0.351 e. The van der Waals surface area contributed by atoms with Crippen LogP contribution in [0.4, 0.5) is 10.2 Å². The monoisotopic (exact) mass is 733 g/mol. The fourth-order valence-electron chi connectivity index (χ4n) is 9.98. The number of halogens is 3. The number of carbonyl (C=O) groups excluding carboxylic acids is 1. The van der Waals surface area contributed by atoms with E-state index in [2.05, 4.69) is 37.9 Å². The van der Waals surface area contributed by atoms with E-state index in [1.165, 1.54) is 0 Å². The quantitative estimate of drug-likeness (QED) is 0.181. The van der Waals surface area contributed by atoms with Gasteiger partial charge >= 0.3 is 0 Å². The smallest absolute Gasteiger partial charge is 0.226 e. The predicted octanol–water partition coefficient (Wildman–Crippen LogP) is 8.33. The van der Waals surface area contributed by atoms with Gasteiger partial charge in [0.05, 0.1) is 39.8 Å². The van der Waals surface area contributed by atoms with Crippen molar-refractivity contribution in [2.45, 2.75) is 82.1 Å². The summed E-state index contributed by atoms with van der Waals surface area (Å²) in [4.78, 5) is 28.7. The van der Waals surface area contributed by atoms with Crippen molar-refractivity contribution in [3.63, 3.8) is 0 Å². The summed E-state index contributed by atoms with van der Waals surface area (Å²) in [5.41, 5.74) is 4.61. The van der Waals surface area contributed by atoms with Gasteiger partial charge in [-0.1, -0.05) is 41.4 Å². The first-order chi connectivity index (χ1) is 25.3. The van der Waals surface area contributed by atoms with Crippen molar-refractivity contribution in [2.75, 3.05) is 18.0 Å². The van der Waals surface area contributed by atoms with Gasteiger partial charge in [0.1, 0.15) is 11.3 Å². The number of carbonyl (C=O) groups is 1. The van der Waals surface area contributed by atoms with Crippen molar-refractivity contribution in [2.24, 2.45) is 11.8 Å². The van der Waals surface area contributed by atoms with Crippen molar-refractivity contribution >= 4 is 56.7 Å². The van der Waals surface area contributed by atoms with Gasteiger partial charge in [0.15, 0.2) is 5.82 Å². The lowest BCUT2D eigenvalue weighted by Crippen LogP contribution is -2.48. The molecule has 4 saturated heterocycles. The number of aromatic nitrogens is 3. The molecule has 4 bridgehead atoms.